The number of benzene rings is 1. The van der Waals surface area contributed by atoms with Crippen molar-refractivity contribution >= 4 is 17.5 Å². The van der Waals surface area contributed by atoms with E-state index in [0.29, 0.717) is 30.1 Å². The van der Waals surface area contributed by atoms with Crippen molar-refractivity contribution in [2.45, 2.75) is 12.4 Å². The molecule has 2 heterocycles. The van der Waals surface area contributed by atoms with Crippen LogP contribution in [-0.4, -0.2) is 69.7 Å². The summed E-state index contributed by atoms with van der Waals surface area (Å²) in [4.78, 5) is 19.7. The fraction of sp³-hybridized carbons (Fsp3) is 0.391. The largest absolute Gasteiger partial charge is 0.491 e. The van der Waals surface area contributed by atoms with Gasteiger partial charge in [0.15, 0.2) is 5.70 Å². The molecule has 1 aliphatic rings. The number of aromatic nitrogens is 1. The van der Waals surface area contributed by atoms with Gasteiger partial charge in [0.2, 0.25) is 6.23 Å². The van der Waals surface area contributed by atoms with E-state index in [1.165, 1.54) is 19.4 Å². The average molecular weight is 496 g/mol. The zero-order valence-electron chi connectivity index (χ0n) is 19.5. The average Bonchev–Trinajstić information content (AvgIpc) is 3.29. The molecule has 0 saturated carbocycles. The first-order chi connectivity index (χ1) is 16.8. The van der Waals surface area contributed by atoms with Crippen LogP contribution in [0.4, 0.5) is 29.5 Å². The maximum absolute atomic E-state index is 13.7. The normalized spacial score (nSPS) is 15.4. The van der Waals surface area contributed by atoms with Crippen LogP contribution in [0, 0.1) is 0 Å². The number of urea groups is 1. The summed E-state index contributed by atoms with van der Waals surface area (Å²) in [6.45, 7) is 1.53. The topological polar surface area (TPSA) is 85.4 Å². The lowest BCUT2D eigenvalue weighted by Gasteiger charge is -2.28. The van der Waals surface area contributed by atoms with Crippen LogP contribution < -0.4 is 15.0 Å². The second-order valence-corrected chi connectivity index (χ2v) is 7.49. The highest BCUT2D eigenvalue weighted by molar-refractivity contribution is 5.91. The number of amides is 2. The zero-order chi connectivity index (χ0) is 25.4. The molecule has 0 saturated heterocycles. The number of halogens is 3. The molecule has 0 bridgehead atoms. The van der Waals surface area contributed by atoms with E-state index in [1.807, 2.05) is 11.9 Å². The molecule has 0 aliphatic carbocycles. The van der Waals surface area contributed by atoms with Crippen molar-refractivity contribution in [3.8, 4) is 5.75 Å². The number of methoxy groups -OCH3 is 2. The number of rotatable bonds is 10. The van der Waals surface area contributed by atoms with E-state index in [-0.39, 0.29) is 30.2 Å². The highest BCUT2D eigenvalue weighted by atomic mass is 19.4. The lowest BCUT2D eigenvalue weighted by molar-refractivity contribution is -0.109. The molecule has 3 rings (SSSR count). The van der Waals surface area contributed by atoms with Crippen LogP contribution in [0.3, 0.4) is 0 Å². The van der Waals surface area contributed by atoms with Gasteiger partial charge in [0.1, 0.15) is 24.4 Å². The number of hydrogen-bond donors (Lipinski definition) is 1. The predicted molar refractivity (Wildman–Crippen MR) is 122 cm³/mol. The van der Waals surface area contributed by atoms with Crippen LogP contribution in [0.2, 0.25) is 0 Å². The van der Waals surface area contributed by atoms with Gasteiger partial charge < -0.3 is 29.2 Å². The fourth-order valence-electron chi connectivity index (χ4n) is 3.27. The molecule has 1 atom stereocenters. The van der Waals surface area contributed by atoms with Crippen molar-refractivity contribution in [3.05, 3.63) is 60.1 Å². The number of carbonyl (C=O) groups excluding carboxylic acids is 1. The Balaban J connectivity index is 1.82. The molecule has 0 spiro atoms. The predicted octanol–water partition coefficient (Wildman–Crippen LogP) is 4.16. The molecule has 2 amide bonds. The van der Waals surface area contributed by atoms with E-state index in [0.717, 1.165) is 0 Å². The van der Waals surface area contributed by atoms with Gasteiger partial charge in [0, 0.05) is 27.8 Å². The van der Waals surface area contributed by atoms with E-state index in [1.54, 1.807) is 37.4 Å². The number of hydrogen-bond acceptors (Lipinski definition) is 7. The van der Waals surface area contributed by atoms with Crippen molar-refractivity contribution in [2.24, 2.45) is 0 Å². The van der Waals surface area contributed by atoms with Crippen LogP contribution in [-0.2, 0) is 14.2 Å². The van der Waals surface area contributed by atoms with E-state index >= 15 is 0 Å². The maximum Gasteiger partial charge on any atom is 0.434 e. The summed E-state index contributed by atoms with van der Waals surface area (Å²) in [7, 11) is 4.90. The monoisotopic (exact) mass is 496 g/mol. The molecular weight excluding hydrogens is 469 g/mol. The molecule has 12 heteroatoms. The Kier molecular flexibility index (Phi) is 8.77. The number of carbonyl (C=O) groups is 1. The molecule has 0 fully saturated rings. The Morgan fingerprint density at radius 2 is 1.89 bits per heavy atom. The minimum atomic E-state index is -4.83. The number of likely N-dealkylation sites (N-methyl/N-ethyl adjacent to an activating group) is 1. The SMILES string of the molecule is COCCOc1ccccc1C1OC=C(C(F)(F)F)N1C(=O)Nc1ccc(N(C)CCOC)nc1. The fourth-order valence-corrected chi connectivity index (χ4v) is 3.27. The van der Waals surface area contributed by atoms with Crippen molar-refractivity contribution in [2.75, 3.05) is 57.8 Å². The molecule has 9 nitrogen and oxygen atoms in total. The molecule has 35 heavy (non-hydrogen) atoms. The van der Waals surface area contributed by atoms with Gasteiger partial charge in [-0.25, -0.2) is 14.7 Å². The number of nitrogens with one attached hydrogen (secondary N) is 1. The molecule has 1 N–H and O–H groups in total. The smallest absolute Gasteiger partial charge is 0.434 e. The third-order valence-electron chi connectivity index (χ3n) is 5.06. The number of alkyl halides is 3. The summed E-state index contributed by atoms with van der Waals surface area (Å²) in [6, 6.07) is 8.55. The van der Waals surface area contributed by atoms with Crippen LogP contribution in [0.5, 0.6) is 5.75 Å². The van der Waals surface area contributed by atoms with Crippen molar-refractivity contribution in [1.29, 1.82) is 0 Å². The van der Waals surface area contributed by atoms with E-state index < -0.39 is 24.1 Å². The number of para-hydroxylation sites is 1. The molecule has 2 aromatic rings. The quantitative estimate of drug-likeness (QED) is 0.495. The highest BCUT2D eigenvalue weighted by Crippen LogP contribution is 2.43. The van der Waals surface area contributed by atoms with E-state index in [4.69, 9.17) is 18.9 Å². The Morgan fingerprint density at radius 3 is 2.54 bits per heavy atom. The minimum absolute atomic E-state index is 0.169. The van der Waals surface area contributed by atoms with Gasteiger partial charge in [-0.05, 0) is 24.3 Å². The second kappa shape index (κ2) is 11.8. The summed E-state index contributed by atoms with van der Waals surface area (Å²) in [6.07, 6.45) is -4.33. The van der Waals surface area contributed by atoms with Gasteiger partial charge in [0.05, 0.1) is 30.7 Å². The maximum atomic E-state index is 13.7. The molecule has 0 radical (unpaired) electrons. The summed E-state index contributed by atoms with van der Waals surface area (Å²) in [5, 5.41) is 2.47. The Labute approximate surface area is 201 Å². The first kappa shape index (κ1) is 26.1. The third kappa shape index (κ3) is 6.55. The Bertz CT molecular complexity index is 1020. The lowest BCUT2D eigenvalue weighted by Crippen LogP contribution is -2.39. The summed E-state index contributed by atoms with van der Waals surface area (Å²) < 4.78 is 62.2. The first-order valence-corrected chi connectivity index (χ1v) is 10.7. The van der Waals surface area contributed by atoms with Gasteiger partial charge in [0.25, 0.3) is 0 Å². The molecule has 190 valence electrons. The van der Waals surface area contributed by atoms with E-state index in [2.05, 4.69) is 10.3 Å². The molecule has 1 aliphatic heterocycles. The van der Waals surface area contributed by atoms with Crippen molar-refractivity contribution in [1.82, 2.24) is 9.88 Å². The minimum Gasteiger partial charge on any atom is -0.491 e. The van der Waals surface area contributed by atoms with Gasteiger partial charge in [-0.1, -0.05) is 12.1 Å². The van der Waals surface area contributed by atoms with Gasteiger partial charge in [-0.3, -0.25) is 0 Å². The van der Waals surface area contributed by atoms with Crippen LogP contribution in [0.15, 0.2) is 54.6 Å². The van der Waals surface area contributed by atoms with Gasteiger partial charge >= 0.3 is 12.2 Å². The van der Waals surface area contributed by atoms with Gasteiger partial charge in [-0.2, -0.15) is 13.2 Å². The summed E-state index contributed by atoms with van der Waals surface area (Å²) >= 11 is 0. The number of allylic oxidation sites excluding steroid dienone is 1. The molecule has 1 aromatic carbocycles. The van der Waals surface area contributed by atoms with Crippen LogP contribution >= 0.6 is 0 Å². The van der Waals surface area contributed by atoms with Crippen LogP contribution in [0.25, 0.3) is 0 Å². The standard InChI is InChI=1S/C23H27F3N4O5/c1-29(10-11-32-2)20-9-8-16(14-27-20)28-22(31)30-19(23(24,25)26)15-35-21(30)17-6-4-5-7-18(17)34-13-12-33-3/h4-9,14-15,21H,10-13H2,1-3H3,(H,28,31). The zero-order valence-corrected chi connectivity index (χ0v) is 19.5. The molecule has 1 unspecified atom stereocenters. The Morgan fingerprint density at radius 1 is 1.14 bits per heavy atom. The highest BCUT2D eigenvalue weighted by Gasteiger charge is 2.48. The number of ether oxygens (including phenoxy) is 4. The van der Waals surface area contributed by atoms with Crippen molar-refractivity contribution < 1.29 is 36.9 Å². The van der Waals surface area contributed by atoms with E-state index in [9.17, 15) is 18.0 Å². The van der Waals surface area contributed by atoms with Crippen molar-refractivity contribution in [3.63, 3.8) is 0 Å². The lowest BCUT2D eigenvalue weighted by atomic mass is 10.1. The van der Waals surface area contributed by atoms with Crippen LogP contribution in [0.1, 0.15) is 11.8 Å². The summed E-state index contributed by atoms with van der Waals surface area (Å²) in [5.41, 5.74) is -0.770. The van der Waals surface area contributed by atoms with Gasteiger partial charge in [-0.15, -0.1) is 0 Å². The summed E-state index contributed by atoms with van der Waals surface area (Å²) in [5.74, 6) is 0.884. The molecule has 1 aromatic heterocycles. The first-order valence-electron chi connectivity index (χ1n) is 10.7. The molecular formula is C23H27F3N4O5. The second-order valence-electron chi connectivity index (χ2n) is 7.49. The third-order valence-corrected chi connectivity index (χ3v) is 5.06. The number of nitrogens with zero attached hydrogens (tertiary/aromatic N) is 3. The number of anilines is 2. The Hall–Kier alpha value is -3.51. The number of pyridine rings is 1.